The van der Waals surface area contributed by atoms with E-state index in [1.807, 2.05) is 0 Å². The fourth-order valence-electron chi connectivity index (χ4n) is 1.77. The zero-order valence-electron chi connectivity index (χ0n) is 8.12. The minimum absolute atomic E-state index is 0.868. The van der Waals surface area contributed by atoms with Crippen molar-refractivity contribution in [2.75, 3.05) is 0 Å². The topological polar surface area (TPSA) is 0 Å². The predicted molar refractivity (Wildman–Crippen MR) is 61.0 cm³/mol. The van der Waals surface area contributed by atoms with Gasteiger partial charge >= 0.3 is 0 Å². The van der Waals surface area contributed by atoms with Gasteiger partial charge in [0.05, 0.1) is 0 Å². The second-order valence-electron chi connectivity index (χ2n) is 3.58. The molecule has 0 aromatic heterocycles. The first kappa shape index (κ1) is 8.51. The molecule has 1 aromatic rings. The molecule has 0 fully saturated rings. The normalized spacial score (nSPS) is 15.5. The van der Waals surface area contributed by atoms with Gasteiger partial charge in [0, 0.05) is 0 Å². The lowest BCUT2D eigenvalue weighted by Gasteiger charge is -2.10. The average molecular weight is 186 g/mol. The molecule has 0 spiro atoms. The maximum atomic E-state index is 2.38. The van der Waals surface area contributed by atoms with Gasteiger partial charge in [0.25, 0.3) is 0 Å². The molecule has 66 valence electrons. The van der Waals surface area contributed by atoms with Crippen molar-refractivity contribution in [1.29, 1.82) is 0 Å². The summed E-state index contributed by atoms with van der Waals surface area (Å²) in [5.74, 6) is 0. The number of hydrogen-bond acceptors (Lipinski definition) is 0. The summed E-state index contributed by atoms with van der Waals surface area (Å²) in [6.07, 6.45) is 4.36. The second kappa shape index (κ2) is 3.34. The molecule has 1 aliphatic heterocycles. The number of hydrogen-bond donors (Lipinski definition) is 0. The first-order chi connectivity index (χ1) is 6.29. The van der Waals surface area contributed by atoms with E-state index in [2.05, 4.69) is 55.6 Å². The third kappa shape index (κ3) is 1.52. The van der Waals surface area contributed by atoms with Crippen LogP contribution in [-0.4, -0.2) is 8.80 Å². The van der Waals surface area contributed by atoms with E-state index in [-0.39, 0.29) is 0 Å². The number of allylic oxidation sites excluding steroid dienone is 2. The highest BCUT2D eigenvalue weighted by Crippen LogP contribution is 2.07. The van der Waals surface area contributed by atoms with Gasteiger partial charge in [-0.25, -0.2) is 0 Å². The molecular weight excluding hydrogens is 172 g/mol. The Labute approximate surface area is 81.2 Å². The van der Waals surface area contributed by atoms with Gasteiger partial charge in [0.1, 0.15) is 8.80 Å². The molecule has 0 N–H and O–H groups in total. The van der Waals surface area contributed by atoms with Crippen molar-refractivity contribution in [3.05, 3.63) is 52.9 Å². The number of benzene rings is 1. The Morgan fingerprint density at radius 1 is 1.00 bits per heavy atom. The maximum absolute atomic E-state index is 2.38. The molecule has 0 amide bonds. The van der Waals surface area contributed by atoms with Crippen LogP contribution in [0.1, 0.15) is 11.1 Å². The van der Waals surface area contributed by atoms with Gasteiger partial charge in [0.2, 0.25) is 0 Å². The van der Waals surface area contributed by atoms with E-state index in [1.165, 1.54) is 11.1 Å². The summed E-state index contributed by atoms with van der Waals surface area (Å²) in [5.41, 5.74) is 7.65. The van der Waals surface area contributed by atoms with Crippen LogP contribution in [0.4, 0.5) is 0 Å². The van der Waals surface area contributed by atoms with Crippen LogP contribution < -0.4 is 5.19 Å². The molecule has 0 radical (unpaired) electrons. The smallest absolute Gasteiger partial charge is 0.0893 e. The molecule has 1 heterocycles. The largest absolute Gasteiger partial charge is 0.118 e. The molecule has 0 unspecified atom stereocenters. The molecule has 2 rings (SSSR count). The third-order valence-electron chi connectivity index (χ3n) is 2.75. The summed E-state index contributed by atoms with van der Waals surface area (Å²) in [6.45, 7) is 4.42. The van der Waals surface area contributed by atoms with Crippen molar-refractivity contribution in [2.45, 2.75) is 13.8 Å². The first-order valence-corrected chi connectivity index (χ1v) is 6.61. The van der Waals surface area contributed by atoms with E-state index >= 15 is 0 Å². The summed E-state index contributed by atoms with van der Waals surface area (Å²) in [5, 5.41) is 1.57. The van der Waals surface area contributed by atoms with E-state index in [0.29, 0.717) is 0 Å². The van der Waals surface area contributed by atoms with Gasteiger partial charge in [-0.3, -0.25) is 0 Å². The molecule has 0 bridgehead atoms. The van der Waals surface area contributed by atoms with E-state index in [1.54, 1.807) is 5.19 Å². The first-order valence-electron chi connectivity index (χ1n) is 4.70. The van der Waals surface area contributed by atoms with Gasteiger partial charge in [-0.2, -0.15) is 0 Å². The van der Waals surface area contributed by atoms with Crippen molar-refractivity contribution in [3.8, 4) is 0 Å². The maximum Gasteiger partial charge on any atom is 0.118 e. The van der Waals surface area contributed by atoms with Gasteiger partial charge < -0.3 is 0 Å². The molecule has 1 heteroatoms. The summed E-state index contributed by atoms with van der Waals surface area (Å²) >= 11 is 0. The van der Waals surface area contributed by atoms with Crippen molar-refractivity contribution >= 4 is 14.0 Å². The van der Waals surface area contributed by atoms with E-state index in [0.717, 1.165) is 0 Å². The lowest BCUT2D eigenvalue weighted by atomic mass is 10.1. The Morgan fingerprint density at radius 2 is 1.69 bits per heavy atom. The highest BCUT2D eigenvalue weighted by atomic mass is 28.3. The Morgan fingerprint density at radius 3 is 2.38 bits per heavy atom. The van der Waals surface area contributed by atoms with Crippen molar-refractivity contribution < 1.29 is 0 Å². The molecule has 0 aliphatic carbocycles. The molecule has 13 heavy (non-hydrogen) atoms. The van der Waals surface area contributed by atoms with E-state index < -0.39 is 8.80 Å². The highest BCUT2D eigenvalue weighted by Gasteiger charge is 2.11. The average Bonchev–Trinajstić information content (AvgIpc) is 2.62. The fourth-order valence-corrected chi connectivity index (χ4v) is 4.11. The Bertz CT molecular complexity index is 363. The third-order valence-corrected chi connectivity index (χ3v) is 5.37. The van der Waals surface area contributed by atoms with Gasteiger partial charge in [-0.15, -0.1) is 0 Å². The highest BCUT2D eigenvalue weighted by molar-refractivity contribution is 6.83. The van der Waals surface area contributed by atoms with E-state index in [9.17, 15) is 0 Å². The Balaban J connectivity index is 2.45. The SMILES string of the molecule is Cc1cccc([SiH]2C=CC=C2)c1C. The summed E-state index contributed by atoms with van der Waals surface area (Å²) < 4.78 is 0. The monoisotopic (exact) mass is 186 g/mol. The molecule has 1 aromatic carbocycles. The van der Waals surface area contributed by atoms with Crippen LogP contribution in [0.2, 0.25) is 0 Å². The Kier molecular flexibility index (Phi) is 2.19. The second-order valence-corrected chi connectivity index (χ2v) is 6.03. The van der Waals surface area contributed by atoms with Crippen LogP contribution in [0.3, 0.4) is 0 Å². The van der Waals surface area contributed by atoms with Crippen LogP contribution >= 0.6 is 0 Å². The molecule has 0 saturated carbocycles. The fraction of sp³-hybridized carbons (Fsp3) is 0.167. The molecule has 0 saturated heterocycles. The molecule has 1 aliphatic rings. The van der Waals surface area contributed by atoms with Crippen molar-refractivity contribution in [1.82, 2.24) is 0 Å². The van der Waals surface area contributed by atoms with E-state index in [4.69, 9.17) is 0 Å². The predicted octanol–water partition coefficient (Wildman–Crippen LogP) is 1.94. The zero-order valence-corrected chi connectivity index (χ0v) is 9.27. The zero-order chi connectivity index (χ0) is 9.26. The molecular formula is C12H14Si. The van der Waals surface area contributed by atoms with Crippen LogP contribution in [0.15, 0.2) is 41.7 Å². The minimum Gasteiger partial charge on any atom is -0.0893 e. The van der Waals surface area contributed by atoms with Crippen molar-refractivity contribution in [2.24, 2.45) is 0 Å². The number of aryl methyl sites for hydroxylation is 1. The van der Waals surface area contributed by atoms with Gasteiger partial charge in [0.15, 0.2) is 0 Å². The van der Waals surface area contributed by atoms with Crippen molar-refractivity contribution in [3.63, 3.8) is 0 Å². The van der Waals surface area contributed by atoms with Gasteiger partial charge in [-0.1, -0.05) is 46.9 Å². The molecule has 0 nitrogen and oxygen atoms in total. The Hall–Kier alpha value is -1.08. The summed E-state index contributed by atoms with van der Waals surface area (Å²) in [4.78, 5) is 0. The quantitative estimate of drug-likeness (QED) is 0.588. The minimum atomic E-state index is -0.868. The number of rotatable bonds is 1. The van der Waals surface area contributed by atoms with Gasteiger partial charge in [-0.05, 0) is 25.0 Å². The lowest BCUT2D eigenvalue weighted by Crippen LogP contribution is -2.28. The van der Waals surface area contributed by atoms with Crippen LogP contribution in [0, 0.1) is 13.8 Å². The lowest BCUT2D eigenvalue weighted by molar-refractivity contribution is 1.36. The van der Waals surface area contributed by atoms with Crippen LogP contribution in [0.25, 0.3) is 0 Å². The summed E-state index contributed by atoms with van der Waals surface area (Å²) in [7, 11) is -0.868. The molecule has 0 atom stereocenters. The standard InChI is InChI=1S/C12H14Si/c1-10-6-5-7-12(11(10)2)13-8-3-4-9-13/h3-9,13H,1-2H3. The summed E-state index contributed by atoms with van der Waals surface area (Å²) in [6, 6.07) is 6.64. The van der Waals surface area contributed by atoms with Crippen LogP contribution in [0.5, 0.6) is 0 Å². The van der Waals surface area contributed by atoms with Crippen LogP contribution in [-0.2, 0) is 0 Å².